The molecular weight excluding hydrogens is 247 g/mol. The smallest absolute Gasteiger partial charge is 0.333 e. The molecule has 0 aliphatic rings. The Balaban J connectivity index is 0. The molecule has 62 valence electrons. The predicted molar refractivity (Wildman–Crippen MR) is 46.4 cm³/mol. The maximum atomic E-state index is 10.7. The first-order valence-electron chi connectivity index (χ1n) is 3.51. The van der Waals surface area contributed by atoms with Crippen molar-refractivity contribution in [2.24, 2.45) is 0 Å². The van der Waals surface area contributed by atoms with Crippen molar-refractivity contribution in [1.82, 2.24) is 0 Å². The van der Waals surface area contributed by atoms with Crippen LogP contribution in [-0.4, -0.2) is 36.5 Å². The summed E-state index contributed by atoms with van der Waals surface area (Å²) in [5.41, 5.74) is 0.469. The normalized spacial score (nSPS) is 8.18. The number of carbonyl (C=O) groups is 1. The number of ether oxygens (including phenoxy) is 1. The first kappa shape index (κ1) is 13.6. The van der Waals surface area contributed by atoms with E-state index < -0.39 is 0 Å². The molecule has 3 heteroatoms. The van der Waals surface area contributed by atoms with E-state index in [1.165, 1.54) is 0 Å². The summed E-state index contributed by atoms with van der Waals surface area (Å²) in [6.07, 6.45) is 1.97. The zero-order valence-corrected chi connectivity index (χ0v) is 10.00. The van der Waals surface area contributed by atoms with Crippen molar-refractivity contribution in [3.05, 3.63) is 12.2 Å². The van der Waals surface area contributed by atoms with Crippen LogP contribution in [0.2, 0.25) is 0 Å². The van der Waals surface area contributed by atoms with Crippen molar-refractivity contribution in [1.29, 1.82) is 0 Å². The van der Waals surface area contributed by atoms with Gasteiger partial charge in [-0.1, -0.05) is 19.9 Å². The molecule has 0 rings (SSSR count). The minimum absolute atomic E-state index is 0. The quantitative estimate of drug-likeness (QED) is 0.332. The molecule has 0 spiro atoms. The monoisotopic (exact) mass is 262 g/mol. The van der Waals surface area contributed by atoms with Gasteiger partial charge in [0, 0.05) is 29.5 Å². The number of hydrogen-bond donors (Lipinski definition) is 0. The summed E-state index contributed by atoms with van der Waals surface area (Å²) in [4.78, 5) is 10.7. The summed E-state index contributed by atoms with van der Waals surface area (Å²) in [7, 11) is 0. The third-order valence-corrected chi connectivity index (χ3v) is 1.08. The van der Waals surface area contributed by atoms with Gasteiger partial charge in [0.25, 0.3) is 0 Å². The molecule has 0 saturated carbocycles. The minimum Gasteiger partial charge on any atom is -0.462 e. The van der Waals surface area contributed by atoms with Gasteiger partial charge in [0.15, 0.2) is 0 Å². The van der Waals surface area contributed by atoms with Crippen molar-refractivity contribution in [2.45, 2.75) is 26.7 Å². The Bertz CT molecular complexity index is 132. The molecule has 0 aliphatic heterocycles. The SMILES string of the molecule is C=C(C)C(=O)OCCCC.[Sn]. The van der Waals surface area contributed by atoms with Crippen LogP contribution in [0.5, 0.6) is 0 Å². The Kier molecular flexibility index (Phi) is 10.0. The molecule has 0 N–H and O–H groups in total. The second-order valence-corrected chi connectivity index (χ2v) is 2.27. The number of esters is 1. The van der Waals surface area contributed by atoms with Gasteiger partial charge in [-0.3, -0.25) is 0 Å². The average Bonchev–Trinajstić information content (AvgIpc) is 1.88. The minimum atomic E-state index is -0.284. The fraction of sp³-hybridized carbons (Fsp3) is 0.625. The summed E-state index contributed by atoms with van der Waals surface area (Å²) < 4.78 is 4.81. The van der Waals surface area contributed by atoms with Gasteiger partial charge in [-0.2, -0.15) is 0 Å². The van der Waals surface area contributed by atoms with Gasteiger partial charge in [0.1, 0.15) is 0 Å². The van der Waals surface area contributed by atoms with Crippen molar-refractivity contribution < 1.29 is 9.53 Å². The molecule has 0 heterocycles. The van der Waals surface area contributed by atoms with Crippen LogP contribution < -0.4 is 0 Å². The van der Waals surface area contributed by atoms with E-state index >= 15 is 0 Å². The Morgan fingerprint density at radius 2 is 2.09 bits per heavy atom. The van der Waals surface area contributed by atoms with Gasteiger partial charge in [-0.25, -0.2) is 4.79 Å². The molecule has 0 aromatic carbocycles. The first-order valence-corrected chi connectivity index (χ1v) is 3.51. The summed E-state index contributed by atoms with van der Waals surface area (Å²) in [5.74, 6) is -0.284. The van der Waals surface area contributed by atoms with Crippen molar-refractivity contribution in [2.75, 3.05) is 6.61 Å². The molecule has 0 unspecified atom stereocenters. The van der Waals surface area contributed by atoms with E-state index in [-0.39, 0.29) is 29.9 Å². The second kappa shape index (κ2) is 8.11. The number of unbranched alkanes of at least 4 members (excludes halogenated alkanes) is 1. The molecule has 0 amide bonds. The van der Waals surface area contributed by atoms with Crippen LogP contribution >= 0.6 is 0 Å². The van der Waals surface area contributed by atoms with E-state index in [0.717, 1.165) is 12.8 Å². The van der Waals surface area contributed by atoms with Gasteiger partial charge >= 0.3 is 5.97 Å². The summed E-state index contributed by atoms with van der Waals surface area (Å²) in [5, 5.41) is 0. The van der Waals surface area contributed by atoms with Crippen molar-refractivity contribution in [3.8, 4) is 0 Å². The fourth-order valence-corrected chi connectivity index (χ4v) is 0.432. The molecule has 0 saturated heterocycles. The van der Waals surface area contributed by atoms with Gasteiger partial charge in [-0.15, -0.1) is 0 Å². The maximum Gasteiger partial charge on any atom is 0.333 e. The number of hydrogen-bond acceptors (Lipinski definition) is 2. The number of carbonyl (C=O) groups excluding carboxylic acids is 1. The number of rotatable bonds is 4. The molecule has 2 nitrogen and oxygen atoms in total. The van der Waals surface area contributed by atoms with Gasteiger partial charge < -0.3 is 4.74 Å². The predicted octanol–water partition coefficient (Wildman–Crippen LogP) is 1.52. The van der Waals surface area contributed by atoms with Crippen LogP contribution in [0.4, 0.5) is 0 Å². The van der Waals surface area contributed by atoms with E-state index in [1.807, 2.05) is 0 Å². The largest absolute Gasteiger partial charge is 0.462 e. The Labute approximate surface area is 85.0 Å². The van der Waals surface area contributed by atoms with Crippen LogP contribution in [0.15, 0.2) is 12.2 Å². The Morgan fingerprint density at radius 3 is 2.45 bits per heavy atom. The van der Waals surface area contributed by atoms with Crippen molar-refractivity contribution >= 4 is 29.9 Å². The maximum absolute atomic E-state index is 10.7. The molecule has 0 atom stereocenters. The molecule has 4 radical (unpaired) electrons. The van der Waals surface area contributed by atoms with Crippen LogP contribution in [0.1, 0.15) is 26.7 Å². The summed E-state index contributed by atoms with van der Waals surface area (Å²) in [6.45, 7) is 7.67. The van der Waals surface area contributed by atoms with Crippen LogP contribution in [-0.2, 0) is 9.53 Å². The van der Waals surface area contributed by atoms with Crippen LogP contribution in [0.3, 0.4) is 0 Å². The van der Waals surface area contributed by atoms with E-state index in [0.29, 0.717) is 12.2 Å². The van der Waals surface area contributed by atoms with E-state index in [1.54, 1.807) is 6.92 Å². The molecule has 0 bridgehead atoms. The first-order chi connectivity index (χ1) is 4.68. The summed E-state index contributed by atoms with van der Waals surface area (Å²) >= 11 is 0. The van der Waals surface area contributed by atoms with E-state index in [2.05, 4.69) is 13.5 Å². The van der Waals surface area contributed by atoms with Crippen molar-refractivity contribution in [3.63, 3.8) is 0 Å². The molecular formula is C8H14O2Sn. The van der Waals surface area contributed by atoms with Gasteiger partial charge in [0.05, 0.1) is 6.61 Å². The molecule has 11 heavy (non-hydrogen) atoms. The average molecular weight is 261 g/mol. The second-order valence-electron chi connectivity index (χ2n) is 2.27. The van der Waals surface area contributed by atoms with E-state index in [4.69, 9.17) is 4.74 Å². The standard InChI is InChI=1S/C8H14O2.Sn/c1-4-5-6-10-8(9)7(2)3;/h2,4-6H2,1,3H3;. The third-order valence-electron chi connectivity index (χ3n) is 1.08. The van der Waals surface area contributed by atoms with E-state index in [9.17, 15) is 4.79 Å². The molecule has 0 fully saturated rings. The molecule has 0 aliphatic carbocycles. The third kappa shape index (κ3) is 7.91. The van der Waals surface area contributed by atoms with Gasteiger partial charge in [0.2, 0.25) is 0 Å². The fourth-order valence-electron chi connectivity index (χ4n) is 0.432. The molecule has 0 aromatic heterocycles. The topological polar surface area (TPSA) is 26.3 Å². The Morgan fingerprint density at radius 1 is 1.55 bits per heavy atom. The zero-order valence-electron chi connectivity index (χ0n) is 7.14. The molecule has 0 aromatic rings. The Hall–Kier alpha value is 0.00870. The van der Waals surface area contributed by atoms with Crippen LogP contribution in [0.25, 0.3) is 0 Å². The zero-order chi connectivity index (χ0) is 7.98. The summed E-state index contributed by atoms with van der Waals surface area (Å²) in [6, 6.07) is 0. The van der Waals surface area contributed by atoms with Crippen LogP contribution in [0, 0.1) is 0 Å². The van der Waals surface area contributed by atoms with Gasteiger partial charge in [-0.05, 0) is 13.3 Å².